The highest BCUT2D eigenvalue weighted by Crippen LogP contribution is 2.30. The van der Waals surface area contributed by atoms with Gasteiger partial charge in [-0.15, -0.1) is 21.9 Å². The second-order valence-corrected chi connectivity index (χ2v) is 13.9. The van der Waals surface area contributed by atoms with Crippen LogP contribution in [0.5, 0.6) is 0 Å². The largest absolute Gasteiger partial charge is 0.287 e. The number of hydrogen-bond acceptors (Lipinski definition) is 2. The molecule has 24 heteroatoms. The smallest absolute Gasteiger partial charge is 0.227 e. The van der Waals surface area contributed by atoms with Crippen LogP contribution in [0.3, 0.4) is 0 Å². The monoisotopic (exact) mass is 934 g/mol. The van der Waals surface area contributed by atoms with E-state index in [9.17, 15) is 57.5 Å². The van der Waals surface area contributed by atoms with Gasteiger partial charge in [0.05, 0.1) is 12.4 Å². The SMILES string of the molecule is CC(C)Cc1cncc[n+]1CC(=O)c1ccccc1.Fc1c(F)c(F)c([B-](c2c(F)c(F)c(F)c(F)c2F)(c2c(F)c(F)c(F)c(F)c2F)c2c(F)c(F)c(F)c(F)c2F)c(F)c1F. The Kier molecular flexibility index (Phi) is 13.9. The van der Waals surface area contributed by atoms with Crippen molar-refractivity contribution in [3.63, 3.8) is 0 Å². The molecule has 0 unspecified atom stereocenters. The van der Waals surface area contributed by atoms with E-state index >= 15 is 35.1 Å². The maximum atomic E-state index is 15.4. The van der Waals surface area contributed by atoms with Crippen LogP contribution < -0.4 is 26.4 Å². The highest BCUT2D eigenvalue weighted by Gasteiger charge is 2.52. The Morgan fingerprint density at radius 3 is 1.03 bits per heavy atom. The summed E-state index contributed by atoms with van der Waals surface area (Å²) in [5, 5.41) is 0. The van der Waals surface area contributed by atoms with Crippen LogP contribution in [-0.4, -0.2) is 16.9 Å². The van der Waals surface area contributed by atoms with Gasteiger partial charge in [0.15, 0.2) is 81.7 Å². The number of rotatable bonds is 9. The molecule has 0 amide bonds. The van der Waals surface area contributed by atoms with E-state index in [0.29, 0.717) is 12.5 Å². The van der Waals surface area contributed by atoms with Gasteiger partial charge >= 0.3 is 0 Å². The van der Waals surface area contributed by atoms with Crippen LogP contribution in [0.15, 0.2) is 48.9 Å². The van der Waals surface area contributed by atoms with E-state index in [1.165, 1.54) is 0 Å². The Morgan fingerprint density at radius 1 is 0.469 bits per heavy atom. The van der Waals surface area contributed by atoms with Gasteiger partial charge in [-0.2, -0.15) is 4.57 Å². The third-order valence-electron chi connectivity index (χ3n) is 9.66. The molecular weight excluding hydrogens is 915 g/mol. The van der Waals surface area contributed by atoms with Gasteiger partial charge in [-0.25, -0.2) is 87.8 Å². The summed E-state index contributed by atoms with van der Waals surface area (Å²) in [5.41, 5.74) is -12.5. The van der Waals surface area contributed by atoms with Crippen molar-refractivity contribution in [2.24, 2.45) is 5.92 Å². The van der Waals surface area contributed by atoms with Crippen LogP contribution in [0.25, 0.3) is 0 Å². The van der Waals surface area contributed by atoms with Gasteiger partial charge in [-0.3, -0.25) is 9.78 Å². The Morgan fingerprint density at radius 2 is 0.750 bits per heavy atom. The first-order valence-corrected chi connectivity index (χ1v) is 17.5. The average molecular weight is 934 g/mol. The second kappa shape index (κ2) is 18.3. The lowest BCUT2D eigenvalue weighted by atomic mass is 9.12. The molecule has 64 heavy (non-hydrogen) atoms. The molecule has 0 aliphatic heterocycles. The Bertz CT molecular complexity index is 2460. The number of halogens is 20. The van der Waals surface area contributed by atoms with Crippen molar-refractivity contribution in [3.8, 4) is 0 Å². The molecule has 0 fully saturated rings. The van der Waals surface area contributed by atoms with Crippen LogP contribution >= 0.6 is 0 Å². The fourth-order valence-electron chi connectivity index (χ4n) is 6.90. The fourth-order valence-corrected chi connectivity index (χ4v) is 6.90. The number of Topliss-reactive ketones (excluding diaryl/α,β-unsaturated/α-hetero) is 1. The first-order valence-electron chi connectivity index (χ1n) is 17.5. The van der Waals surface area contributed by atoms with Gasteiger partial charge < -0.3 is 0 Å². The molecule has 0 radical (unpaired) electrons. The zero-order valence-corrected chi connectivity index (χ0v) is 31.5. The van der Waals surface area contributed by atoms with Gasteiger partial charge in [0.1, 0.15) is 52.7 Å². The summed E-state index contributed by atoms with van der Waals surface area (Å²) >= 11 is 0. The Balaban J connectivity index is 0.000000337. The highest BCUT2D eigenvalue weighted by molar-refractivity contribution is 7.20. The third kappa shape index (κ3) is 7.90. The molecule has 1 aromatic heterocycles. The molecule has 0 N–H and O–H groups in total. The predicted molar refractivity (Wildman–Crippen MR) is 183 cm³/mol. The molecule has 0 spiro atoms. The quantitative estimate of drug-likeness (QED) is 0.0366. The van der Waals surface area contributed by atoms with Crippen molar-refractivity contribution in [2.75, 3.05) is 0 Å². The van der Waals surface area contributed by atoms with Crippen molar-refractivity contribution in [2.45, 2.75) is 26.8 Å². The first kappa shape index (κ1) is 48.5. The minimum absolute atomic E-state index is 0.127. The summed E-state index contributed by atoms with van der Waals surface area (Å²) in [6, 6.07) is 9.40. The maximum absolute atomic E-state index is 15.4. The normalized spacial score (nSPS) is 11.6. The van der Waals surface area contributed by atoms with Crippen molar-refractivity contribution in [1.29, 1.82) is 0 Å². The number of carbonyl (C=O) groups excluding carboxylic acids is 1. The highest BCUT2D eigenvalue weighted by atomic mass is 19.2. The molecule has 338 valence electrons. The zero-order chi connectivity index (χ0) is 48.0. The summed E-state index contributed by atoms with van der Waals surface area (Å²) in [5.74, 6) is -70.7. The molecule has 0 aliphatic rings. The summed E-state index contributed by atoms with van der Waals surface area (Å²) in [7, 11) is 0. The van der Waals surface area contributed by atoms with E-state index in [1.807, 2.05) is 47.3 Å². The maximum Gasteiger partial charge on any atom is 0.227 e. The van der Waals surface area contributed by atoms with E-state index in [-0.39, 0.29) is 5.78 Å². The van der Waals surface area contributed by atoms with E-state index < -0.39 is 144 Å². The summed E-state index contributed by atoms with van der Waals surface area (Å²) in [4.78, 5) is 16.4. The first-order chi connectivity index (χ1) is 29.9. The van der Waals surface area contributed by atoms with Gasteiger partial charge in [0.2, 0.25) is 12.3 Å². The van der Waals surface area contributed by atoms with Crippen molar-refractivity contribution in [3.05, 3.63) is 177 Å². The van der Waals surface area contributed by atoms with Gasteiger partial charge in [0.25, 0.3) is 0 Å². The molecule has 6 rings (SSSR count). The number of benzene rings is 5. The van der Waals surface area contributed by atoms with Gasteiger partial charge in [-0.05, 0) is 5.92 Å². The minimum atomic E-state index is -7.22. The number of ketones is 1. The predicted octanol–water partition coefficient (Wildman–Crippen LogP) is 8.30. The molecule has 0 aliphatic carbocycles. The Labute approximate surface area is 345 Å². The molecule has 0 atom stereocenters. The van der Waals surface area contributed by atoms with Crippen LogP contribution in [0, 0.1) is 122 Å². The number of hydrogen-bond donors (Lipinski definition) is 0. The van der Waals surface area contributed by atoms with Crippen LogP contribution in [0.1, 0.15) is 29.9 Å². The molecule has 0 saturated heterocycles. The number of carbonyl (C=O) groups is 1. The van der Waals surface area contributed by atoms with Crippen molar-refractivity contribution in [1.82, 2.24) is 4.98 Å². The molecule has 0 bridgehead atoms. The lowest BCUT2D eigenvalue weighted by Crippen LogP contribution is -2.81. The van der Waals surface area contributed by atoms with Crippen LogP contribution in [0.4, 0.5) is 87.8 Å². The molecule has 3 nitrogen and oxygen atoms in total. The fraction of sp³-hybridized carbons (Fsp3) is 0.125. The van der Waals surface area contributed by atoms with Crippen molar-refractivity contribution < 1.29 is 97.2 Å². The van der Waals surface area contributed by atoms with Gasteiger partial charge in [-0.1, -0.05) is 44.2 Å². The lowest BCUT2D eigenvalue weighted by molar-refractivity contribution is -0.691. The van der Waals surface area contributed by atoms with E-state index in [1.54, 1.807) is 6.20 Å². The van der Waals surface area contributed by atoms with Crippen LogP contribution in [-0.2, 0) is 13.0 Å². The van der Waals surface area contributed by atoms with Gasteiger partial charge in [0, 0.05) is 12.0 Å². The summed E-state index contributed by atoms with van der Waals surface area (Å²) in [6.07, 6.45) is -0.847. The zero-order valence-electron chi connectivity index (χ0n) is 31.5. The molecule has 1 heterocycles. The standard InChI is InChI=1S/C24BF20.C16H19N2O/c26-5-1(6(27)14(35)21(42)13(5)34)25(2-7(28)15(36)22(43)16(37)8(2)29,3-9(30)17(38)23(44)18(39)10(3)31)4-11(32)19(40)24(45)20(41)12(4)33;1-13(2)10-15-11-17-8-9-18(15)12-16(19)14-6-4-3-5-7-14/h;3-9,11,13H,10,12H2,1-2H3/q-1;+1. The number of nitrogens with zero attached hydrogens (tertiary/aromatic N) is 2. The second-order valence-electron chi connectivity index (χ2n) is 13.9. The summed E-state index contributed by atoms with van der Waals surface area (Å²) in [6.45, 7) is 4.70. The Hall–Kier alpha value is -6.49. The topological polar surface area (TPSA) is 33.8 Å². The molecule has 5 aromatic carbocycles. The number of aromatic nitrogens is 2. The molecule has 0 saturated carbocycles. The van der Waals surface area contributed by atoms with Crippen LogP contribution in [0.2, 0.25) is 0 Å². The molecule has 6 aromatic rings. The average Bonchev–Trinajstić information content (AvgIpc) is 3.27. The molecular formula is C40H19BF20N2O. The van der Waals surface area contributed by atoms with E-state index in [4.69, 9.17) is 0 Å². The van der Waals surface area contributed by atoms with E-state index in [2.05, 4.69) is 18.8 Å². The van der Waals surface area contributed by atoms with E-state index in [0.717, 1.165) is 17.7 Å². The minimum Gasteiger partial charge on any atom is -0.287 e. The third-order valence-corrected chi connectivity index (χ3v) is 9.66. The summed E-state index contributed by atoms with van der Waals surface area (Å²) < 4.78 is 296. The van der Waals surface area contributed by atoms with Crippen molar-refractivity contribution >= 4 is 33.8 Å². The lowest BCUT2D eigenvalue weighted by Gasteiger charge is -2.44.